The number of benzene rings is 3. The van der Waals surface area contributed by atoms with Crippen LogP contribution in [0.15, 0.2) is 65.6 Å². The summed E-state index contributed by atoms with van der Waals surface area (Å²) in [5.74, 6) is 0.129. The highest BCUT2D eigenvalue weighted by molar-refractivity contribution is 7.87. The molecule has 31 heavy (non-hydrogen) atoms. The van der Waals surface area contributed by atoms with Gasteiger partial charge in [-0.2, -0.15) is 21.6 Å². The van der Waals surface area contributed by atoms with Gasteiger partial charge in [0.05, 0.1) is 0 Å². The van der Waals surface area contributed by atoms with Crippen molar-refractivity contribution in [2.75, 3.05) is 19.0 Å². The second-order valence-electron chi connectivity index (χ2n) is 7.82. The topological polar surface area (TPSA) is 46.6 Å². The zero-order valence-corrected chi connectivity index (χ0v) is 18.5. The van der Waals surface area contributed by atoms with E-state index in [9.17, 15) is 21.6 Å². The van der Waals surface area contributed by atoms with Crippen LogP contribution in [0.2, 0.25) is 0 Å². The number of fused-ring (bicyclic) bond motifs is 1. The number of nitrogens with zero attached hydrogens (tertiary/aromatic N) is 1. The average molecular weight is 452 g/mol. The van der Waals surface area contributed by atoms with E-state index in [0.29, 0.717) is 10.8 Å². The van der Waals surface area contributed by atoms with Crippen LogP contribution in [0.4, 0.5) is 18.9 Å². The average Bonchev–Trinajstić information content (AvgIpc) is 2.70. The predicted molar refractivity (Wildman–Crippen MR) is 116 cm³/mol. The van der Waals surface area contributed by atoms with Gasteiger partial charge < -0.3 is 4.90 Å². The fourth-order valence-corrected chi connectivity index (χ4v) is 4.68. The number of anilines is 1. The normalized spacial score (nSPS) is 13.5. The van der Waals surface area contributed by atoms with Crippen molar-refractivity contribution in [3.05, 3.63) is 71.8 Å². The van der Waals surface area contributed by atoms with Crippen molar-refractivity contribution in [3.63, 3.8) is 0 Å². The second-order valence-corrected chi connectivity index (χ2v) is 9.36. The molecule has 0 aromatic heterocycles. The molecule has 0 N–H and O–H groups in total. The maximum Gasteiger partial charge on any atom is 0.420 e. The third kappa shape index (κ3) is 4.85. The highest BCUT2D eigenvalue weighted by atomic mass is 32.2. The Hall–Kier alpha value is -2.58. The quantitative estimate of drug-likeness (QED) is 0.429. The lowest BCUT2D eigenvalue weighted by Gasteiger charge is -2.22. The predicted octanol–water partition coefficient (Wildman–Crippen LogP) is 6.04. The van der Waals surface area contributed by atoms with Gasteiger partial charge in [-0.3, -0.25) is 0 Å². The molecular formula is C23H24F3NO3S. The third-order valence-electron chi connectivity index (χ3n) is 5.04. The molecule has 0 saturated carbocycles. The summed E-state index contributed by atoms with van der Waals surface area (Å²) in [5, 5.41) is 0.895. The Kier molecular flexibility index (Phi) is 6.34. The molecule has 0 aliphatic rings. The molecule has 166 valence electrons. The number of hydrogen-bond donors (Lipinski definition) is 0. The van der Waals surface area contributed by atoms with Gasteiger partial charge >= 0.3 is 6.18 Å². The maximum atomic E-state index is 13.8. The standard InChI is InChI=1S/C23H24F3NO3S/c1-15(2)16-11-13-17(14-12-16)22(23(24,25)26)30-31(28,29)21-10-6-7-18-19(21)8-5-9-20(18)27(3)4/h5-15,22H,1-4H3. The monoisotopic (exact) mass is 451 g/mol. The number of alkyl halides is 3. The van der Waals surface area contributed by atoms with Gasteiger partial charge in [0.1, 0.15) is 4.90 Å². The van der Waals surface area contributed by atoms with Crippen molar-refractivity contribution in [1.82, 2.24) is 0 Å². The van der Waals surface area contributed by atoms with E-state index in [1.165, 1.54) is 24.3 Å². The second kappa shape index (κ2) is 8.51. The van der Waals surface area contributed by atoms with Crippen molar-refractivity contribution in [2.45, 2.75) is 36.9 Å². The Balaban J connectivity index is 2.07. The van der Waals surface area contributed by atoms with E-state index < -0.39 is 22.4 Å². The van der Waals surface area contributed by atoms with Crippen LogP contribution in [-0.4, -0.2) is 28.7 Å². The summed E-state index contributed by atoms with van der Waals surface area (Å²) in [6.45, 7) is 3.83. The van der Waals surface area contributed by atoms with Crippen LogP contribution in [0.5, 0.6) is 0 Å². The van der Waals surface area contributed by atoms with E-state index in [1.54, 1.807) is 55.4 Å². The first-order valence-electron chi connectivity index (χ1n) is 9.70. The molecular weight excluding hydrogens is 427 g/mol. The molecule has 0 saturated heterocycles. The van der Waals surface area contributed by atoms with Gasteiger partial charge in [0.2, 0.25) is 0 Å². The van der Waals surface area contributed by atoms with Crippen molar-refractivity contribution < 1.29 is 25.8 Å². The lowest BCUT2D eigenvalue weighted by Crippen LogP contribution is -2.26. The van der Waals surface area contributed by atoms with E-state index >= 15 is 0 Å². The third-order valence-corrected chi connectivity index (χ3v) is 6.38. The fourth-order valence-electron chi connectivity index (χ4n) is 3.41. The molecule has 0 heterocycles. The Morgan fingerprint density at radius 2 is 1.39 bits per heavy atom. The summed E-state index contributed by atoms with van der Waals surface area (Å²) >= 11 is 0. The molecule has 3 aromatic carbocycles. The van der Waals surface area contributed by atoms with Crippen LogP contribution < -0.4 is 4.90 Å². The highest BCUT2D eigenvalue weighted by Crippen LogP contribution is 2.40. The minimum Gasteiger partial charge on any atom is -0.377 e. The lowest BCUT2D eigenvalue weighted by molar-refractivity contribution is -0.196. The summed E-state index contributed by atoms with van der Waals surface area (Å²) in [5.41, 5.74) is 1.32. The summed E-state index contributed by atoms with van der Waals surface area (Å²) in [6.07, 6.45) is -7.52. The van der Waals surface area contributed by atoms with E-state index in [1.807, 2.05) is 13.8 Å². The fraction of sp³-hybridized carbons (Fsp3) is 0.304. The van der Waals surface area contributed by atoms with Crippen LogP contribution >= 0.6 is 0 Å². The van der Waals surface area contributed by atoms with E-state index in [4.69, 9.17) is 4.18 Å². The SMILES string of the molecule is CC(C)c1ccc(C(OS(=O)(=O)c2cccc3c(N(C)C)cccc23)C(F)(F)F)cc1. The molecule has 0 amide bonds. The number of halogens is 3. The maximum absolute atomic E-state index is 13.8. The Labute approximate surface area is 180 Å². The first-order valence-corrected chi connectivity index (χ1v) is 11.1. The van der Waals surface area contributed by atoms with E-state index in [-0.39, 0.29) is 16.4 Å². The minimum atomic E-state index is -4.91. The molecule has 3 rings (SSSR count). The van der Waals surface area contributed by atoms with Crippen LogP contribution in [0, 0.1) is 0 Å². The van der Waals surface area contributed by atoms with Crippen molar-refractivity contribution >= 4 is 26.6 Å². The van der Waals surface area contributed by atoms with Crippen LogP contribution in [0.25, 0.3) is 10.8 Å². The first kappa shape index (κ1) is 23.1. The van der Waals surface area contributed by atoms with Gasteiger partial charge in [0.25, 0.3) is 10.1 Å². The first-order chi connectivity index (χ1) is 14.4. The van der Waals surface area contributed by atoms with Gasteiger partial charge in [-0.25, -0.2) is 4.18 Å². The molecule has 1 unspecified atom stereocenters. The van der Waals surface area contributed by atoms with Crippen molar-refractivity contribution in [3.8, 4) is 0 Å². The van der Waals surface area contributed by atoms with Gasteiger partial charge in [-0.05, 0) is 29.2 Å². The summed E-state index contributed by atoms with van der Waals surface area (Å²) < 4.78 is 72.2. The lowest BCUT2D eigenvalue weighted by atomic mass is 10.00. The van der Waals surface area contributed by atoms with Crippen LogP contribution in [-0.2, 0) is 14.3 Å². The van der Waals surface area contributed by atoms with Crippen LogP contribution in [0.1, 0.15) is 37.0 Å². The zero-order chi connectivity index (χ0) is 23.0. The molecule has 0 fully saturated rings. The van der Waals surface area contributed by atoms with Crippen LogP contribution in [0.3, 0.4) is 0 Å². The number of hydrogen-bond acceptors (Lipinski definition) is 4. The summed E-state index contributed by atoms with van der Waals surface area (Å²) in [7, 11) is -1.13. The molecule has 8 heteroatoms. The van der Waals surface area contributed by atoms with E-state index in [0.717, 1.165) is 11.3 Å². The molecule has 0 aliphatic heterocycles. The smallest absolute Gasteiger partial charge is 0.377 e. The van der Waals surface area contributed by atoms with Gasteiger partial charge in [0.15, 0.2) is 6.10 Å². The molecule has 0 radical (unpaired) electrons. The molecule has 0 spiro atoms. The Bertz CT molecular complexity index is 1170. The molecule has 3 aromatic rings. The van der Waals surface area contributed by atoms with Crippen molar-refractivity contribution in [2.24, 2.45) is 0 Å². The minimum absolute atomic E-state index is 0.129. The zero-order valence-electron chi connectivity index (χ0n) is 17.6. The summed E-state index contributed by atoms with van der Waals surface area (Å²) in [4.78, 5) is 1.50. The molecule has 0 aliphatic carbocycles. The molecule has 4 nitrogen and oxygen atoms in total. The van der Waals surface area contributed by atoms with Gasteiger partial charge in [-0.1, -0.05) is 62.4 Å². The Morgan fingerprint density at radius 3 is 1.94 bits per heavy atom. The van der Waals surface area contributed by atoms with E-state index in [2.05, 4.69) is 0 Å². The van der Waals surface area contributed by atoms with Gasteiger partial charge in [-0.15, -0.1) is 0 Å². The number of rotatable bonds is 6. The summed E-state index contributed by atoms with van der Waals surface area (Å²) in [6, 6.07) is 15.1. The Morgan fingerprint density at radius 1 is 0.839 bits per heavy atom. The molecule has 0 bridgehead atoms. The largest absolute Gasteiger partial charge is 0.420 e. The van der Waals surface area contributed by atoms with Gasteiger partial charge in [0, 0.05) is 30.6 Å². The highest BCUT2D eigenvalue weighted by Gasteiger charge is 2.45. The van der Waals surface area contributed by atoms with Crippen molar-refractivity contribution in [1.29, 1.82) is 0 Å². The molecule has 1 atom stereocenters.